The highest BCUT2D eigenvalue weighted by Crippen LogP contribution is 2.28. The summed E-state index contributed by atoms with van der Waals surface area (Å²) in [5.74, 6) is 0.845. The number of halogens is 2. The van der Waals surface area contributed by atoms with E-state index in [0.29, 0.717) is 19.4 Å². The predicted octanol–water partition coefficient (Wildman–Crippen LogP) is 4.34. The lowest BCUT2D eigenvalue weighted by Gasteiger charge is -2.12. The summed E-state index contributed by atoms with van der Waals surface area (Å²) in [6.07, 6.45) is 2.15. The molecule has 0 aliphatic heterocycles. The average Bonchev–Trinajstić information content (AvgIpc) is 2.28. The maximum Gasteiger partial charge on any atom is 0.122 e. The van der Waals surface area contributed by atoms with E-state index in [0.717, 1.165) is 28.3 Å². The zero-order valence-electron chi connectivity index (χ0n) is 9.85. The average molecular weight is 245 g/mol. The quantitative estimate of drug-likeness (QED) is 0.723. The lowest BCUT2D eigenvalue weighted by molar-refractivity contribution is 0.313. The molecule has 0 aromatic heterocycles. The monoisotopic (exact) mass is 244 g/mol. The highest BCUT2D eigenvalue weighted by Gasteiger charge is 2.07. The first kappa shape index (κ1) is 13.3. The van der Waals surface area contributed by atoms with Gasteiger partial charge < -0.3 is 4.74 Å². The van der Waals surface area contributed by atoms with Crippen molar-refractivity contribution < 1.29 is 9.13 Å². The third kappa shape index (κ3) is 3.67. The summed E-state index contributed by atoms with van der Waals surface area (Å²) in [5.41, 5.74) is 2.00. The van der Waals surface area contributed by atoms with Crippen LogP contribution >= 0.6 is 11.6 Å². The number of aryl methyl sites for hydroxylation is 2. The van der Waals surface area contributed by atoms with E-state index < -0.39 is 0 Å². The lowest BCUT2D eigenvalue weighted by atomic mass is 10.1. The van der Waals surface area contributed by atoms with Crippen molar-refractivity contribution in [2.75, 3.05) is 13.3 Å². The number of ether oxygens (including phenoxy) is 1. The van der Waals surface area contributed by atoms with Gasteiger partial charge >= 0.3 is 0 Å². The third-order valence-electron chi connectivity index (χ3n) is 2.38. The Labute approximate surface area is 102 Å². The normalized spacial score (nSPS) is 10.5. The van der Waals surface area contributed by atoms with Crippen LogP contribution in [-0.4, -0.2) is 13.3 Å². The Morgan fingerprint density at radius 3 is 2.75 bits per heavy atom. The van der Waals surface area contributed by atoms with Gasteiger partial charge in [-0.1, -0.05) is 18.5 Å². The van der Waals surface area contributed by atoms with Gasteiger partial charge in [0.2, 0.25) is 0 Å². The standard InChI is InChI=1S/C13H18ClFO/c1-3-7-16-13-8-10(2)12(14)9-11(13)5-4-6-15/h8-9H,3-7H2,1-2H3. The van der Waals surface area contributed by atoms with Crippen molar-refractivity contribution in [3.05, 3.63) is 28.3 Å². The van der Waals surface area contributed by atoms with Crippen LogP contribution < -0.4 is 4.74 Å². The lowest BCUT2D eigenvalue weighted by Crippen LogP contribution is -2.00. The minimum Gasteiger partial charge on any atom is -0.493 e. The van der Waals surface area contributed by atoms with E-state index >= 15 is 0 Å². The molecule has 0 unspecified atom stereocenters. The van der Waals surface area contributed by atoms with Gasteiger partial charge in [-0.2, -0.15) is 0 Å². The van der Waals surface area contributed by atoms with Crippen LogP contribution in [0.3, 0.4) is 0 Å². The summed E-state index contributed by atoms with van der Waals surface area (Å²) >= 11 is 6.05. The summed E-state index contributed by atoms with van der Waals surface area (Å²) in [5, 5.41) is 0.720. The first-order chi connectivity index (χ1) is 7.69. The fourth-order valence-electron chi connectivity index (χ4n) is 1.50. The van der Waals surface area contributed by atoms with Gasteiger partial charge in [-0.25, -0.2) is 0 Å². The van der Waals surface area contributed by atoms with E-state index in [1.807, 2.05) is 19.1 Å². The predicted molar refractivity (Wildman–Crippen MR) is 66.3 cm³/mol. The van der Waals surface area contributed by atoms with Gasteiger partial charge in [0.15, 0.2) is 0 Å². The number of benzene rings is 1. The van der Waals surface area contributed by atoms with Crippen molar-refractivity contribution in [3.8, 4) is 5.75 Å². The Bertz CT molecular complexity index is 306. The van der Waals surface area contributed by atoms with Crippen molar-refractivity contribution >= 4 is 11.6 Å². The molecule has 0 saturated carbocycles. The van der Waals surface area contributed by atoms with E-state index in [1.165, 1.54) is 0 Å². The molecule has 1 aromatic rings. The van der Waals surface area contributed by atoms with Crippen LogP contribution in [-0.2, 0) is 6.42 Å². The van der Waals surface area contributed by atoms with Crippen LogP contribution in [0.25, 0.3) is 0 Å². The molecule has 90 valence electrons. The molecule has 0 aliphatic rings. The number of rotatable bonds is 6. The molecule has 0 amide bonds. The van der Waals surface area contributed by atoms with Gasteiger partial charge in [0.05, 0.1) is 13.3 Å². The van der Waals surface area contributed by atoms with Crippen molar-refractivity contribution in [3.63, 3.8) is 0 Å². The van der Waals surface area contributed by atoms with Crippen LogP contribution in [0.2, 0.25) is 5.02 Å². The van der Waals surface area contributed by atoms with E-state index in [4.69, 9.17) is 16.3 Å². The van der Waals surface area contributed by atoms with Crippen molar-refractivity contribution in [2.24, 2.45) is 0 Å². The maximum atomic E-state index is 12.2. The topological polar surface area (TPSA) is 9.23 Å². The summed E-state index contributed by atoms with van der Waals surface area (Å²) < 4.78 is 17.8. The fourth-order valence-corrected chi connectivity index (χ4v) is 1.68. The van der Waals surface area contributed by atoms with Crippen LogP contribution in [0.15, 0.2) is 12.1 Å². The molecule has 3 heteroatoms. The second-order valence-electron chi connectivity index (χ2n) is 3.85. The fraction of sp³-hybridized carbons (Fsp3) is 0.538. The minimum atomic E-state index is -0.307. The molecule has 0 spiro atoms. The number of hydrogen-bond donors (Lipinski definition) is 0. The van der Waals surface area contributed by atoms with E-state index in [-0.39, 0.29) is 6.67 Å². The molecule has 0 fully saturated rings. The van der Waals surface area contributed by atoms with Gasteiger partial charge in [-0.05, 0) is 49.4 Å². The molecule has 16 heavy (non-hydrogen) atoms. The Morgan fingerprint density at radius 2 is 2.12 bits per heavy atom. The summed E-state index contributed by atoms with van der Waals surface area (Å²) in [7, 11) is 0. The third-order valence-corrected chi connectivity index (χ3v) is 2.79. The molecule has 0 aliphatic carbocycles. The van der Waals surface area contributed by atoms with Crippen LogP contribution in [0.4, 0.5) is 4.39 Å². The Morgan fingerprint density at radius 1 is 1.38 bits per heavy atom. The van der Waals surface area contributed by atoms with E-state index in [1.54, 1.807) is 0 Å². The molecule has 0 bridgehead atoms. The van der Waals surface area contributed by atoms with Gasteiger partial charge in [-0.3, -0.25) is 4.39 Å². The Hall–Kier alpha value is -0.760. The zero-order valence-corrected chi connectivity index (χ0v) is 10.6. The molecule has 1 nitrogen and oxygen atoms in total. The molecular formula is C13H18ClFO. The van der Waals surface area contributed by atoms with Gasteiger partial charge in [0, 0.05) is 5.02 Å². The van der Waals surface area contributed by atoms with Crippen molar-refractivity contribution in [2.45, 2.75) is 33.1 Å². The highest BCUT2D eigenvalue weighted by molar-refractivity contribution is 6.31. The Kier molecular flexibility index (Phi) is 5.61. The van der Waals surface area contributed by atoms with Crippen LogP contribution in [0, 0.1) is 6.92 Å². The minimum absolute atomic E-state index is 0.307. The molecule has 0 saturated heterocycles. The molecule has 0 radical (unpaired) electrons. The highest BCUT2D eigenvalue weighted by atomic mass is 35.5. The van der Waals surface area contributed by atoms with Gasteiger partial charge in [0.25, 0.3) is 0 Å². The van der Waals surface area contributed by atoms with E-state index in [9.17, 15) is 4.39 Å². The smallest absolute Gasteiger partial charge is 0.122 e. The summed E-state index contributed by atoms with van der Waals surface area (Å²) in [6.45, 7) is 4.38. The molecule has 1 aromatic carbocycles. The first-order valence-corrected chi connectivity index (χ1v) is 6.04. The van der Waals surface area contributed by atoms with Gasteiger partial charge in [-0.15, -0.1) is 0 Å². The largest absolute Gasteiger partial charge is 0.493 e. The van der Waals surface area contributed by atoms with Crippen molar-refractivity contribution in [1.82, 2.24) is 0 Å². The van der Waals surface area contributed by atoms with Gasteiger partial charge in [0.1, 0.15) is 5.75 Å². The molecule has 1 rings (SSSR count). The van der Waals surface area contributed by atoms with Crippen molar-refractivity contribution in [1.29, 1.82) is 0 Å². The Balaban J connectivity index is 2.87. The molecular weight excluding hydrogens is 227 g/mol. The van der Waals surface area contributed by atoms with Crippen LogP contribution in [0.5, 0.6) is 5.75 Å². The van der Waals surface area contributed by atoms with E-state index in [2.05, 4.69) is 6.92 Å². The second kappa shape index (κ2) is 6.74. The number of alkyl halides is 1. The zero-order chi connectivity index (χ0) is 12.0. The molecule has 0 atom stereocenters. The number of hydrogen-bond acceptors (Lipinski definition) is 1. The maximum absolute atomic E-state index is 12.2. The van der Waals surface area contributed by atoms with Crippen LogP contribution in [0.1, 0.15) is 30.9 Å². The SMILES string of the molecule is CCCOc1cc(C)c(Cl)cc1CCCF. The second-order valence-corrected chi connectivity index (χ2v) is 4.26. The summed E-state index contributed by atoms with van der Waals surface area (Å²) in [4.78, 5) is 0. The molecule has 0 heterocycles. The first-order valence-electron chi connectivity index (χ1n) is 5.66. The summed E-state index contributed by atoms with van der Waals surface area (Å²) in [6, 6.07) is 3.82. The molecule has 0 N–H and O–H groups in total.